The van der Waals surface area contributed by atoms with Crippen molar-refractivity contribution in [1.29, 1.82) is 0 Å². The first-order valence-corrected chi connectivity index (χ1v) is 14.5. The zero-order chi connectivity index (χ0) is 29.2. The standard InChI is InChI=1S/C32H35N5O5/c1-4-30(38)37-13-11-22-17-25-9-10-26(22)31(37)23-7-5-8-24(18-23)40-15-6-12-36(14-16-41-25)32(39)28-19-29(42-34-28)27-20-33-35(3)21(27)2/h5,7-10,17-20,31H,4,6,11-16H2,1-3H3. The van der Waals surface area contributed by atoms with E-state index in [2.05, 4.69) is 28.5 Å². The third kappa shape index (κ3) is 5.36. The number of aryl methyl sites for hydroxylation is 1. The minimum atomic E-state index is -0.229. The number of ether oxygens (including phenoxy) is 2. The number of rotatable bonds is 3. The summed E-state index contributed by atoms with van der Waals surface area (Å²) in [6, 6.07) is 15.5. The van der Waals surface area contributed by atoms with Crippen molar-refractivity contribution in [3.63, 3.8) is 0 Å². The highest BCUT2D eigenvalue weighted by Gasteiger charge is 2.32. The molecule has 0 N–H and O–H groups in total. The summed E-state index contributed by atoms with van der Waals surface area (Å²) in [5.74, 6) is 1.89. The normalized spacial score (nSPS) is 17.1. The van der Waals surface area contributed by atoms with E-state index in [0.29, 0.717) is 51.4 Å². The van der Waals surface area contributed by atoms with Crippen molar-refractivity contribution in [2.24, 2.45) is 7.05 Å². The Morgan fingerprint density at radius 2 is 1.83 bits per heavy atom. The van der Waals surface area contributed by atoms with Gasteiger partial charge in [-0.1, -0.05) is 30.3 Å². The Morgan fingerprint density at radius 1 is 1.00 bits per heavy atom. The van der Waals surface area contributed by atoms with Crippen LogP contribution in [0.1, 0.15) is 58.7 Å². The van der Waals surface area contributed by atoms with Crippen molar-refractivity contribution in [3.05, 3.63) is 82.8 Å². The number of hydrogen-bond acceptors (Lipinski definition) is 7. The number of carbonyl (C=O) groups is 2. The fourth-order valence-corrected chi connectivity index (χ4v) is 5.74. The first-order chi connectivity index (χ1) is 20.4. The summed E-state index contributed by atoms with van der Waals surface area (Å²) in [5.41, 5.74) is 5.23. The Morgan fingerprint density at radius 3 is 2.64 bits per heavy atom. The van der Waals surface area contributed by atoms with E-state index in [0.717, 1.165) is 45.9 Å². The number of hydrogen-bond donors (Lipinski definition) is 0. The van der Waals surface area contributed by atoms with Crippen LogP contribution in [-0.4, -0.2) is 69.4 Å². The van der Waals surface area contributed by atoms with E-state index >= 15 is 0 Å². The van der Waals surface area contributed by atoms with Crippen molar-refractivity contribution in [2.45, 2.75) is 39.2 Å². The fraction of sp³-hybridized carbons (Fsp3) is 0.375. The molecule has 0 fully saturated rings. The van der Waals surface area contributed by atoms with Crippen molar-refractivity contribution in [3.8, 4) is 22.8 Å². The lowest BCUT2D eigenvalue weighted by Gasteiger charge is -2.38. The molecule has 0 aliphatic carbocycles. The SMILES string of the molecule is CCC(=O)N1CCc2cc3ccc2C1c1cccc(c1)OCCCN(C(=O)c1cc(-c2cnn(C)c2C)on1)CCO3. The molecule has 5 heterocycles. The zero-order valence-corrected chi connectivity index (χ0v) is 24.2. The molecule has 10 nitrogen and oxygen atoms in total. The molecular formula is C32H35N5O5. The lowest BCUT2D eigenvalue weighted by Crippen LogP contribution is -2.40. The van der Waals surface area contributed by atoms with E-state index in [1.165, 1.54) is 0 Å². The summed E-state index contributed by atoms with van der Waals surface area (Å²) >= 11 is 0. The summed E-state index contributed by atoms with van der Waals surface area (Å²) in [6.45, 7) is 6.06. The van der Waals surface area contributed by atoms with E-state index in [4.69, 9.17) is 14.0 Å². The van der Waals surface area contributed by atoms with Gasteiger partial charge in [-0.15, -0.1) is 0 Å². The highest BCUT2D eigenvalue weighted by molar-refractivity contribution is 5.93. The van der Waals surface area contributed by atoms with Gasteiger partial charge < -0.3 is 23.8 Å². The van der Waals surface area contributed by atoms with Crippen molar-refractivity contribution in [2.75, 3.05) is 32.8 Å². The molecule has 1 unspecified atom stereocenters. The van der Waals surface area contributed by atoms with Crippen molar-refractivity contribution < 1.29 is 23.6 Å². The molecule has 3 aliphatic heterocycles. The minimum absolute atomic E-state index is 0.131. The molecule has 42 heavy (non-hydrogen) atoms. The van der Waals surface area contributed by atoms with Crippen LogP contribution in [0.4, 0.5) is 0 Å². The monoisotopic (exact) mass is 569 g/mol. The maximum Gasteiger partial charge on any atom is 0.276 e. The Labute approximate surface area is 244 Å². The molecule has 3 aliphatic rings. The molecule has 0 radical (unpaired) electrons. The fourth-order valence-electron chi connectivity index (χ4n) is 5.74. The van der Waals surface area contributed by atoms with E-state index in [9.17, 15) is 9.59 Å². The Bertz CT molecular complexity index is 1610. The van der Waals surface area contributed by atoms with Crippen LogP contribution in [0.25, 0.3) is 11.3 Å². The molecule has 7 rings (SSSR count). The average molecular weight is 570 g/mol. The predicted octanol–water partition coefficient (Wildman–Crippen LogP) is 4.57. The summed E-state index contributed by atoms with van der Waals surface area (Å²) in [5, 5.41) is 8.34. The van der Waals surface area contributed by atoms with Crippen molar-refractivity contribution >= 4 is 11.8 Å². The molecule has 2 aromatic heterocycles. The van der Waals surface area contributed by atoms with Gasteiger partial charge in [0.25, 0.3) is 5.91 Å². The molecule has 0 spiro atoms. The van der Waals surface area contributed by atoms with E-state index in [1.54, 1.807) is 21.8 Å². The molecule has 0 saturated carbocycles. The van der Waals surface area contributed by atoms with Gasteiger partial charge in [-0.25, -0.2) is 0 Å². The molecule has 2 aromatic carbocycles. The smallest absolute Gasteiger partial charge is 0.276 e. The molecule has 218 valence electrons. The number of benzene rings is 2. The van der Waals surface area contributed by atoms with Crippen LogP contribution < -0.4 is 9.47 Å². The quantitative estimate of drug-likeness (QED) is 0.356. The third-order valence-corrected chi connectivity index (χ3v) is 8.13. The molecular weight excluding hydrogens is 534 g/mol. The summed E-state index contributed by atoms with van der Waals surface area (Å²) < 4.78 is 19.6. The molecule has 10 heteroatoms. The lowest BCUT2D eigenvalue weighted by molar-refractivity contribution is -0.132. The van der Waals surface area contributed by atoms with Crippen LogP contribution >= 0.6 is 0 Å². The van der Waals surface area contributed by atoms with Crippen LogP contribution in [-0.2, 0) is 18.3 Å². The maximum atomic E-state index is 13.5. The van der Waals surface area contributed by atoms with Gasteiger partial charge in [0.1, 0.15) is 18.1 Å². The number of nitrogens with zero attached hydrogens (tertiary/aromatic N) is 5. The second-order valence-corrected chi connectivity index (χ2v) is 10.7. The second kappa shape index (κ2) is 11.7. The van der Waals surface area contributed by atoms with Gasteiger partial charge in [-0.05, 0) is 60.7 Å². The Kier molecular flexibility index (Phi) is 7.69. The number of carbonyl (C=O) groups excluding carboxylic acids is 2. The van der Waals surface area contributed by atoms with Gasteiger partial charge >= 0.3 is 0 Å². The topological polar surface area (TPSA) is 103 Å². The van der Waals surface area contributed by atoms with Gasteiger partial charge in [0, 0.05) is 38.3 Å². The number of amides is 2. The van der Waals surface area contributed by atoms with Crippen LogP contribution in [0.15, 0.2) is 59.3 Å². The van der Waals surface area contributed by atoms with Gasteiger partial charge in [-0.2, -0.15) is 5.10 Å². The molecule has 6 bridgehead atoms. The van der Waals surface area contributed by atoms with Crippen LogP contribution in [0.5, 0.6) is 11.5 Å². The van der Waals surface area contributed by atoms with E-state index in [1.807, 2.05) is 50.1 Å². The van der Waals surface area contributed by atoms with Gasteiger partial charge in [0.2, 0.25) is 5.91 Å². The van der Waals surface area contributed by atoms with E-state index < -0.39 is 0 Å². The van der Waals surface area contributed by atoms with Gasteiger partial charge in [0.15, 0.2) is 11.5 Å². The number of fused-ring (bicyclic) bond motifs is 8. The highest BCUT2D eigenvalue weighted by atomic mass is 16.5. The van der Waals surface area contributed by atoms with E-state index in [-0.39, 0.29) is 23.6 Å². The third-order valence-electron chi connectivity index (χ3n) is 8.13. The minimum Gasteiger partial charge on any atom is -0.494 e. The molecule has 4 aromatic rings. The first kappa shape index (κ1) is 27.6. The summed E-state index contributed by atoms with van der Waals surface area (Å²) in [4.78, 5) is 30.2. The Hall–Kier alpha value is -4.60. The number of aromatic nitrogens is 3. The summed E-state index contributed by atoms with van der Waals surface area (Å²) in [6.07, 6.45) is 3.53. The lowest BCUT2D eigenvalue weighted by atomic mass is 9.87. The van der Waals surface area contributed by atoms with Crippen LogP contribution in [0, 0.1) is 6.92 Å². The van der Waals surface area contributed by atoms with Crippen LogP contribution in [0.3, 0.4) is 0 Å². The van der Waals surface area contributed by atoms with Crippen molar-refractivity contribution in [1.82, 2.24) is 24.7 Å². The highest BCUT2D eigenvalue weighted by Crippen LogP contribution is 2.38. The van der Waals surface area contributed by atoms with Crippen LogP contribution in [0.2, 0.25) is 0 Å². The molecule has 2 amide bonds. The molecule has 0 saturated heterocycles. The Balaban J connectivity index is 1.26. The van der Waals surface area contributed by atoms with Gasteiger partial charge in [-0.3, -0.25) is 14.3 Å². The second-order valence-electron chi connectivity index (χ2n) is 10.7. The summed E-state index contributed by atoms with van der Waals surface area (Å²) in [7, 11) is 1.85. The zero-order valence-electron chi connectivity index (χ0n) is 24.2. The largest absolute Gasteiger partial charge is 0.494 e. The first-order valence-electron chi connectivity index (χ1n) is 14.5. The molecule has 1 atom stereocenters. The van der Waals surface area contributed by atoms with Gasteiger partial charge in [0.05, 0.1) is 31.0 Å². The maximum absolute atomic E-state index is 13.5. The predicted molar refractivity (Wildman–Crippen MR) is 155 cm³/mol. The average Bonchev–Trinajstić information content (AvgIpc) is 3.63.